The maximum absolute atomic E-state index is 12.4. The molecule has 0 bridgehead atoms. The van der Waals surface area contributed by atoms with Gasteiger partial charge in [-0.05, 0) is 30.5 Å². The van der Waals surface area contributed by atoms with Crippen LogP contribution in [0.1, 0.15) is 20.3 Å². The topological polar surface area (TPSA) is 41.6 Å². The molecule has 1 aromatic rings. The van der Waals surface area contributed by atoms with Crippen LogP contribution in [-0.4, -0.2) is 36.7 Å². The van der Waals surface area contributed by atoms with E-state index in [0.717, 1.165) is 12.1 Å². The second kappa shape index (κ2) is 6.95. The van der Waals surface area contributed by atoms with Crippen molar-refractivity contribution in [2.75, 3.05) is 25.1 Å². The Kier molecular flexibility index (Phi) is 5.26. The minimum Gasteiger partial charge on any atom is -0.377 e. The van der Waals surface area contributed by atoms with Gasteiger partial charge < -0.3 is 15.0 Å². The summed E-state index contributed by atoms with van der Waals surface area (Å²) in [6.45, 7) is 6.14. The number of carbonyl (C=O) groups is 1. The summed E-state index contributed by atoms with van der Waals surface area (Å²) in [7, 11) is 0. The summed E-state index contributed by atoms with van der Waals surface area (Å²) in [5.41, 5.74) is 0.720. The molecule has 0 radical (unpaired) electrons. The summed E-state index contributed by atoms with van der Waals surface area (Å²) in [5.74, 6) is 0.531. The van der Waals surface area contributed by atoms with Crippen molar-refractivity contribution in [2.45, 2.75) is 26.3 Å². The van der Waals surface area contributed by atoms with Crippen molar-refractivity contribution in [2.24, 2.45) is 5.92 Å². The van der Waals surface area contributed by atoms with Crippen LogP contribution in [0.25, 0.3) is 0 Å². The number of hydrogen-bond acceptors (Lipinski definition) is 2. The zero-order valence-electron chi connectivity index (χ0n) is 11.9. The van der Waals surface area contributed by atoms with Crippen LogP contribution in [-0.2, 0) is 4.74 Å². The molecule has 2 rings (SSSR count). The Morgan fingerprint density at radius 1 is 1.55 bits per heavy atom. The fourth-order valence-electron chi connectivity index (χ4n) is 2.42. The molecule has 1 aliphatic rings. The van der Waals surface area contributed by atoms with Crippen LogP contribution in [0.3, 0.4) is 0 Å². The van der Waals surface area contributed by atoms with E-state index >= 15 is 0 Å². The lowest BCUT2D eigenvalue weighted by Crippen LogP contribution is -2.50. The van der Waals surface area contributed by atoms with Crippen LogP contribution >= 0.6 is 11.6 Å². The molecular weight excluding hydrogens is 276 g/mol. The number of anilines is 1. The van der Waals surface area contributed by atoms with E-state index in [0.29, 0.717) is 30.7 Å². The molecule has 5 heteroatoms. The van der Waals surface area contributed by atoms with Gasteiger partial charge in [0.05, 0.1) is 19.3 Å². The number of nitrogens with zero attached hydrogens (tertiary/aromatic N) is 1. The number of urea groups is 1. The first-order valence-electron chi connectivity index (χ1n) is 6.97. The highest BCUT2D eigenvalue weighted by molar-refractivity contribution is 6.30. The Morgan fingerprint density at radius 3 is 3.05 bits per heavy atom. The van der Waals surface area contributed by atoms with Crippen LogP contribution < -0.4 is 5.32 Å². The Bertz CT molecular complexity index is 465. The van der Waals surface area contributed by atoms with Crippen LogP contribution in [0.2, 0.25) is 5.02 Å². The highest BCUT2D eigenvalue weighted by Gasteiger charge is 2.27. The molecular formula is C15H21ClN2O2. The highest BCUT2D eigenvalue weighted by atomic mass is 35.5. The quantitative estimate of drug-likeness (QED) is 0.925. The van der Waals surface area contributed by atoms with Crippen LogP contribution in [0.15, 0.2) is 24.3 Å². The van der Waals surface area contributed by atoms with E-state index in [4.69, 9.17) is 16.3 Å². The highest BCUT2D eigenvalue weighted by Crippen LogP contribution is 2.19. The van der Waals surface area contributed by atoms with Gasteiger partial charge in [0.25, 0.3) is 0 Å². The SMILES string of the molecule is CC(C)CC1COCCN1C(=O)Nc1cccc(Cl)c1. The number of amides is 2. The van der Waals surface area contributed by atoms with Gasteiger partial charge in [-0.1, -0.05) is 31.5 Å². The third kappa shape index (κ3) is 4.12. The number of carbonyl (C=O) groups excluding carboxylic acids is 1. The summed E-state index contributed by atoms with van der Waals surface area (Å²) in [6.07, 6.45) is 0.947. The zero-order chi connectivity index (χ0) is 14.5. The summed E-state index contributed by atoms with van der Waals surface area (Å²) in [5, 5.41) is 3.52. The lowest BCUT2D eigenvalue weighted by atomic mass is 10.0. The molecule has 0 aromatic heterocycles. The van der Waals surface area contributed by atoms with Gasteiger partial charge in [0.15, 0.2) is 0 Å². The van der Waals surface area contributed by atoms with Gasteiger partial charge in [-0.25, -0.2) is 4.79 Å². The Balaban J connectivity index is 2.02. The van der Waals surface area contributed by atoms with E-state index in [2.05, 4.69) is 19.2 Å². The van der Waals surface area contributed by atoms with Gasteiger partial charge in [0.1, 0.15) is 0 Å². The molecule has 1 heterocycles. The molecule has 1 atom stereocenters. The molecule has 0 aliphatic carbocycles. The molecule has 0 spiro atoms. The zero-order valence-corrected chi connectivity index (χ0v) is 12.7. The Morgan fingerprint density at radius 2 is 2.35 bits per heavy atom. The molecule has 20 heavy (non-hydrogen) atoms. The van der Waals surface area contributed by atoms with Crippen molar-refractivity contribution in [3.05, 3.63) is 29.3 Å². The van der Waals surface area contributed by atoms with Gasteiger partial charge in [-0.2, -0.15) is 0 Å². The maximum atomic E-state index is 12.4. The molecule has 1 aliphatic heterocycles. The summed E-state index contributed by atoms with van der Waals surface area (Å²) in [6, 6.07) is 7.25. The average molecular weight is 297 g/mol. The first-order valence-corrected chi connectivity index (χ1v) is 7.35. The molecule has 110 valence electrons. The number of halogens is 1. The molecule has 1 unspecified atom stereocenters. The number of hydrogen-bond donors (Lipinski definition) is 1. The number of ether oxygens (including phenoxy) is 1. The second-order valence-electron chi connectivity index (χ2n) is 5.49. The molecule has 1 fully saturated rings. The fourth-order valence-corrected chi connectivity index (χ4v) is 2.61. The van der Waals surface area contributed by atoms with Crippen molar-refractivity contribution in [3.8, 4) is 0 Å². The van der Waals surface area contributed by atoms with Gasteiger partial charge in [0, 0.05) is 17.3 Å². The summed E-state index contributed by atoms with van der Waals surface area (Å²) in [4.78, 5) is 14.3. The first kappa shape index (κ1) is 15.1. The van der Waals surface area contributed by atoms with E-state index in [1.54, 1.807) is 12.1 Å². The summed E-state index contributed by atoms with van der Waals surface area (Å²) < 4.78 is 5.49. The fraction of sp³-hybridized carbons (Fsp3) is 0.533. The van der Waals surface area contributed by atoms with Gasteiger partial charge in [-0.3, -0.25) is 0 Å². The monoisotopic (exact) mass is 296 g/mol. The third-order valence-corrected chi connectivity index (χ3v) is 3.54. The van der Waals surface area contributed by atoms with Crippen molar-refractivity contribution in [1.82, 2.24) is 4.90 Å². The van der Waals surface area contributed by atoms with E-state index in [1.807, 2.05) is 17.0 Å². The van der Waals surface area contributed by atoms with Crippen molar-refractivity contribution >= 4 is 23.3 Å². The lowest BCUT2D eigenvalue weighted by molar-refractivity contribution is 0.00857. The molecule has 1 N–H and O–H groups in total. The predicted molar refractivity (Wildman–Crippen MR) is 81.2 cm³/mol. The van der Waals surface area contributed by atoms with Crippen LogP contribution in [0.5, 0.6) is 0 Å². The van der Waals surface area contributed by atoms with Gasteiger partial charge >= 0.3 is 6.03 Å². The van der Waals surface area contributed by atoms with Crippen molar-refractivity contribution < 1.29 is 9.53 Å². The largest absolute Gasteiger partial charge is 0.377 e. The van der Waals surface area contributed by atoms with E-state index in [9.17, 15) is 4.79 Å². The maximum Gasteiger partial charge on any atom is 0.322 e. The normalized spacial score (nSPS) is 19.2. The minimum atomic E-state index is -0.0822. The standard InChI is InChI=1S/C15H21ClN2O2/c1-11(2)8-14-10-20-7-6-18(14)15(19)17-13-5-3-4-12(16)9-13/h3-5,9,11,14H,6-8,10H2,1-2H3,(H,17,19). The molecule has 0 saturated carbocycles. The predicted octanol–water partition coefficient (Wildman–Crippen LogP) is 3.62. The smallest absolute Gasteiger partial charge is 0.322 e. The Hall–Kier alpha value is -1.26. The van der Waals surface area contributed by atoms with Crippen LogP contribution in [0, 0.1) is 5.92 Å². The van der Waals surface area contributed by atoms with Crippen molar-refractivity contribution in [1.29, 1.82) is 0 Å². The average Bonchev–Trinajstić information content (AvgIpc) is 2.38. The summed E-state index contributed by atoms with van der Waals surface area (Å²) >= 11 is 5.93. The molecule has 1 saturated heterocycles. The van der Waals surface area contributed by atoms with Gasteiger partial charge in [0.2, 0.25) is 0 Å². The van der Waals surface area contributed by atoms with E-state index < -0.39 is 0 Å². The van der Waals surface area contributed by atoms with Crippen LogP contribution in [0.4, 0.5) is 10.5 Å². The Labute approximate surface area is 125 Å². The van der Waals surface area contributed by atoms with Gasteiger partial charge in [-0.15, -0.1) is 0 Å². The lowest BCUT2D eigenvalue weighted by Gasteiger charge is -2.36. The number of rotatable bonds is 3. The second-order valence-corrected chi connectivity index (χ2v) is 5.93. The minimum absolute atomic E-state index is 0.0822. The van der Waals surface area contributed by atoms with E-state index in [-0.39, 0.29) is 12.1 Å². The molecule has 1 aromatic carbocycles. The third-order valence-electron chi connectivity index (χ3n) is 3.31. The number of morpholine rings is 1. The van der Waals surface area contributed by atoms with Crippen molar-refractivity contribution in [3.63, 3.8) is 0 Å². The number of benzene rings is 1. The molecule has 2 amide bonds. The first-order chi connectivity index (χ1) is 9.56. The number of nitrogens with one attached hydrogen (secondary N) is 1. The van der Waals surface area contributed by atoms with E-state index in [1.165, 1.54) is 0 Å². The molecule has 4 nitrogen and oxygen atoms in total.